The maximum Gasteiger partial charge on any atom is 0.240 e. The summed E-state index contributed by atoms with van der Waals surface area (Å²) in [5.74, 6) is 0. The fourth-order valence-electron chi connectivity index (χ4n) is 1.86. The number of rotatable bonds is 8. The second-order valence-electron chi connectivity index (χ2n) is 4.46. The Morgan fingerprint density at radius 2 is 2.05 bits per heavy atom. The van der Waals surface area contributed by atoms with Gasteiger partial charge < -0.3 is 10.1 Å². The first-order valence-corrected chi connectivity index (χ1v) is 8.20. The third-order valence-electron chi connectivity index (χ3n) is 2.91. The Labute approximate surface area is 125 Å². The molecule has 0 amide bonds. The lowest BCUT2D eigenvalue weighted by molar-refractivity contribution is 0.196. The number of sulfonamides is 1. The van der Waals surface area contributed by atoms with E-state index in [1.165, 1.54) is 6.07 Å². The largest absolute Gasteiger partial charge is 0.385 e. The standard InChI is InChI=1S/C13H21ClN2O3S/c1-10-11(9-15-2)7-12(14)8-13(10)20(17,18)16-5-4-6-19-3/h7-8,15-16H,4-6,9H2,1-3H3. The molecule has 0 heterocycles. The highest BCUT2D eigenvalue weighted by atomic mass is 35.5. The Balaban J connectivity index is 2.99. The summed E-state index contributed by atoms with van der Waals surface area (Å²) in [5, 5.41) is 3.42. The van der Waals surface area contributed by atoms with Crippen molar-refractivity contribution in [2.75, 3.05) is 27.3 Å². The number of methoxy groups -OCH3 is 1. The number of ether oxygens (including phenoxy) is 1. The molecule has 2 N–H and O–H groups in total. The van der Waals surface area contributed by atoms with Gasteiger partial charge in [0.15, 0.2) is 0 Å². The van der Waals surface area contributed by atoms with Crippen LogP contribution in [0.1, 0.15) is 17.5 Å². The molecule has 114 valence electrons. The first-order valence-electron chi connectivity index (χ1n) is 6.34. The average Bonchev–Trinajstić information content (AvgIpc) is 2.39. The van der Waals surface area contributed by atoms with E-state index in [2.05, 4.69) is 10.0 Å². The minimum atomic E-state index is -3.55. The van der Waals surface area contributed by atoms with Crippen LogP contribution in [0.5, 0.6) is 0 Å². The summed E-state index contributed by atoms with van der Waals surface area (Å²) in [6.45, 7) is 3.21. The molecule has 0 fully saturated rings. The fourth-order valence-corrected chi connectivity index (χ4v) is 3.55. The van der Waals surface area contributed by atoms with Gasteiger partial charge in [-0.1, -0.05) is 11.6 Å². The topological polar surface area (TPSA) is 67.4 Å². The van der Waals surface area contributed by atoms with Gasteiger partial charge in [0.1, 0.15) is 0 Å². The second kappa shape index (κ2) is 7.95. The first-order chi connectivity index (χ1) is 9.42. The molecular formula is C13H21ClN2O3S. The van der Waals surface area contributed by atoms with Gasteiger partial charge in [-0.25, -0.2) is 13.1 Å². The van der Waals surface area contributed by atoms with Crippen molar-refractivity contribution in [3.05, 3.63) is 28.3 Å². The average molecular weight is 321 g/mol. The summed E-state index contributed by atoms with van der Waals surface area (Å²) in [5.41, 5.74) is 1.58. The van der Waals surface area contributed by atoms with Gasteiger partial charge in [0.05, 0.1) is 4.90 Å². The van der Waals surface area contributed by atoms with Gasteiger partial charge in [-0.05, 0) is 43.7 Å². The van der Waals surface area contributed by atoms with Crippen molar-refractivity contribution < 1.29 is 13.2 Å². The van der Waals surface area contributed by atoms with Crippen molar-refractivity contribution in [2.24, 2.45) is 0 Å². The van der Waals surface area contributed by atoms with Crippen LogP contribution in [-0.2, 0) is 21.3 Å². The predicted octanol–water partition coefficient (Wildman–Crippen LogP) is 1.68. The van der Waals surface area contributed by atoms with Gasteiger partial charge in [0.2, 0.25) is 10.0 Å². The van der Waals surface area contributed by atoms with Crippen LogP contribution < -0.4 is 10.0 Å². The van der Waals surface area contributed by atoms with Crippen LogP contribution in [0.3, 0.4) is 0 Å². The summed E-state index contributed by atoms with van der Waals surface area (Å²) in [4.78, 5) is 0.229. The molecule has 1 aromatic rings. The van der Waals surface area contributed by atoms with Crippen molar-refractivity contribution in [1.29, 1.82) is 0 Å². The van der Waals surface area contributed by atoms with E-state index in [9.17, 15) is 8.42 Å². The number of benzene rings is 1. The van der Waals surface area contributed by atoms with Crippen LogP contribution in [0, 0.1) is 6.92 Å². The van der Waals surface area contributed by atoms with E-state index in [4.69, 9.17) is 16.3 Å². The number of hydrogen-bond donors (Lipinski definition) is 2. The summed E-state index contributed by atoms with van der Waals surface area (Å²) in [6, 6.07) is 3.26. The minimum absolute atomic E-state index is 0.229. The predicted molar refractivity (Wildman–Crippen MR) is 80.6 cm³/mol. The third kappa shape index (κ3) is 4.71. The van der Waals surface area contributed by atoms with Gasteiger partial charge >= 0.3 is 0 Å². The van der Waals surface area contributed by atoms with Gasteiger partial charge in [0, 0.05) is 31.8 Å². The molecule has 1 rings (SSSR count). The lowest BCUT2D eigenvalue weighted by Crippen LogP contribution is -2.26. The molecule has 0 saturated heterocycles. The molecule has 20 heavy (non-hydrogen) atoms. The molecule has 0 saturated carbocycles. The summed E-state index contributed by atoms with van der Waals surface area (Å²) >= 11 is 6.01. The van der Waals surface area contributed by atoms with Crippen molar-refractivity contribution in [3.63, 3.8) is 0 Å². The Hall–Kier alpha value is -0.660. The molecule has 0 aliphatic heterocycles. The molecule has 0 radical (unpaired) electrons. The van der Waals surface area contributed by atoms with E-state index in [1.54, 1.807) is 27.1 Å². The van der Waals surface area contributed by atoms with Gasteiger partial charge in [0.25, 0.3) is 0 Å². The van der Waals surface area contributed by atoms with E-state index in [1.807, 2.05) is 0 Å². The lowest BCUT2D eigenvalue weighted by Gasteiger charge is -2.13. The molecule has 1 aromatic carbocycles. The molecule has 0 aliphatic rings. The van der Waals surface area contributed by atoms with Crippen molar-refractivity contribution in [1.82, 2.24) is 10.0 Å². The van der Waals surface area contributed by atoms with Gasteiger partial charge in [-0.15, -0.1) is 0 Å². The molecule has 0 bridgehead atoms. The fraction of sp³-hybridized carbons (Fsp3) is 0.538. The van der Waals surface area contributed by atoms with E-state index in [0.717, 1.165) is 5.56 Å². The molecule has 0 unspecified atom stereocenters. The first kappa shape index (κ1) is 17.4. The van der Waals surface area contributed by atoms with Gasteiger partial charge in [-0.2, -0.15) is 0 Å². The Kier molecular flexibility index (Phi) is 6.91. The zero-order valence-corrected chi connectivity index (χ0v) is 13.6. The normalized spacial score (nSPS) is 11.8. The number of nitrogens with one attached hydrogen (secondary N) is 2. The third-order valence-corrected chi connectivity index (χ3v) is 4.71. The molecule has 0 atom stereocenters. The lowest BCUT2D eigenvalue weighted by atomic mass is 10.1. The molecular weight excluding hydrogens is 300 g/mol. The molecule has 5 nitrogen and oxygen atoms in total. The van der Waals surface area contributed by atoms with Crippen LogP contribution in [0.15, 0.2) is 17.0 Å². The molecule has 0 aromatic heterocycles. The maximum atomic E-state index is 12.3. The summed E-state index contributed by atoms with van der Waals surface area (Å²) in [6.07, 6.45) is 0.624. The highest BCUT2D eigenvalue weighted by molar-refractivity contribution is 7.89. The van der Waals surface area contributed by atoms with E-state index in [-0.39, 0.29) is 4.90 Å². The summed E-state index contributed by atoms with van der Waals surface area (Å²) < 4.78 is 32.0. The van der Waals surface area contributed by atoms with Crippen molar-refractivity contribution >= 4 is 21.6 Å². The maximum absolute atomic E-state index is 12.3. The zero-order chi connectivity index (χ0) is 15.2. The number of hydrogen-bond acceptors (Lipinski definition) is 4. The van der Waals surface area contributed by atoms with E-state index in [0.29, 0.717) is 36.7 Å². The van der Waals surface area contributed by atoms with Crippen LogP contribution in [0.4, 0.5) is 0 Å². The highest BCUT2D eigenvalue weighted by Gasteiger charge is 2.19. The Bertz CT molecular complexity index is 547. The molecule has 0 spiro atoms. The van der Waals surface area contributed by atoms with E-state index >= 15 is 0 Å². The van der Waals surface area contributed by atoms with E-state index < -0.39 is 10.0 Å². The molecule has 7 heteroatoms. The SMILES string of the molecule is CNCc1cc(Cl)cc(S(=O)(=O)NCCCOC)c1C. The second-order valence-corrected chi connectivity index (χ2v) is 6.63. The van der Waals surface area contributed by atoms with Crippen LogP contribution in [0.25, 0.3) is 0 Å². The quantitative estimate of drug-likeness (QED) is 0.715. The molecule has 0 aliphatic carbocycles. The van der Waals surface area contributed by atoms with Gasteiger partial charge in [-0.3, -0.25) is 0 Å². The minimum Gasteiger partial charge on any atom is -0.385 e. The zero-order valence-electron chi connectivity index (χ0n) is 12.0. The monoisotopic (exact) mass is 320 g/mol. The highest BCUT2D eigenvalue weighted by Crippen LogP contribution is 2.24. The number of halogens is 1. The van der Waals surface area contributed by atoms with Crippen LogP contribution >= 0.6 is 11.6 Å². The van der Waals surface area contributed by atoms with Crippen LogP contribution in [0.2, 0.25) is 5.02 Å². The smallest absolute Gasteiger partial charge is 0.240 e. The van der Waals surface area contributed by atoms with Crippen molar-refractivity contribution in [3.8, 4) is 0 Å². The Morgan fingerprint density at radius 3 is 2.65 bits per heavy atom. The van der Waals surface area contributed by atoms with Crippen molar-refractivity contribution in [2.45, 2.75) is 24.8 Å². The summed E-state index contributed by atoms with van der Waals surface area (Å²) in [7, 11) is -0.166. The Morgan fingerprint density at radius 1 is 1.35 bits per heavy atom. The van der Waals surface area contributed by atoms with Crippen LogP contribution in [-0.4, -0.2) is 35.7 Å².